The van der Waals surface area contributed by atoms with Crippen molar-refractivity contribution in [2.45, 2.75) is 31.8 Å². The van der Waals surface area contributed by atoms with Crippen LogP contribution in [0.5, 0.6) is 5.75 Å². The fourth-order valence-corrected chi connectivity index (χ4v) is 4.22. The Kier molecular flexibility index (Phi) is 6.96. The molecule has 1 aliphatic carbocycles. The van der Waals surface area contributed by atoms with Gasteiger partial charge in [0, 0.05) is 43.7 Å². The number of hydrogen-bond donors (Lipinski definition) is 2. The molecule has 2 aromatic heterocycles. The number of halogens is 1. The highest BCUT2D eigenvalue weighted by Gasteiger charge is 2.30. The molecule has 37 heavy (non-hydrogen) atoms. The summed E-state index contributed by atoms with van der Waals surface area (Å²) in [4.78, 5) is 28.1. The number of ether oxygens (including phenoxy) is 1. The summed E-state index contributed by atoms with van der Waals surface area (Å²) in [6.45, 7) is 3.00. The van der Waals surface area contributed by atoms with Gasteiger partial charge in [-0.2, -0.15) is 4.98 Å². The smallest absolute Gasteiger partial charge is 0.259 e. The van der Waals surface area contributed by atoms with Crippen molar-refractivity contribution in [1.29, 1.82) is 0 Å². The van der Waals surface area contributed by atoms with Gasteiger partial charge in [0.25, 0.3) is 5.91 Å². The lowest BCUT2D eigenvalue weighted by Gasteiger charge is -2.21. The number of rotatable bonds is 9. The van der Waals surface area contributed by atoms with Gasteiger partial charge in [-0.1, -0.05) is 17.3 Å². The molecule has 1 fully saturated rings. The van der Waals surface area contributed by atoms with Gasteiger partial charge in [0.15, 0.2) is 1.41 Å². The molecule has 1 saturated carbocycles. The normalized spacial score (nSPS) is 17.5. The lowest BCUT2D eigenvalue weighted by Crippen LogP contribution is -2.25. The summed E-state index contributed by atoms with van der Waals surface area (Å²) in [6, 6.07) is 7.59. The third kappa shape index (κ3) is 6.05. The van der Waals surface area contributed by atoms with Crippen LogP contribution in [0.25, 0.3) is 11.4 Å². The van der Waals surface area contributed by atoms with Crippen LogP contribution in [0.15, 0.2) is 56.2 Å². The Hall–Kier alpha value is -3.57. The van der Waals surface area contributed by atoms with Crippen LogP contribution in [0.4, 0.5) is 5.82 Å². The van der Waals surface area contributed by atoms with Crippen molar-refractivity contribution < 1.29 is 15.5 Å². The number of likely N-dealkylation sites (N-methyl/N-ethyl adjacent to an activating group) is 1. The molecule has 0 radical (unpaired) electrons. The Bertz CT molecular complexity index is 1400. The Morgan fingerprint density at radius 3 is 2.86 bits per heavy atom. The first-order valence-electron chi connectivity index (χ1n) is 12.4. The highest BCUT2D eigenvalue weighted by atomic mass is 79.9. The van der Waals surface area contributed by atoms with E-state index in [2.05, 4.69) is 47.4 Å². The molecular formula is C26H28BrN7O3. The average Bonchev–Trinajstić information content (AvgIpc) is 3.65. The molecule has 2 N–H and O–H groups in total. The van der Waals surface area contributed by atoms with Crippen LogP contribution in [0.1, 0.15) is 41.9 Å². The minimum absolute atomic E-state index is 0.253. The van der Waals surface area contributed by atoms with Gasteiger partial charge < -0.3 is 24.8 Å². The largest absolute Gasteiger partial charge is 0.491 e. The van der Waals surface area contributed by atoms with Crippen molar-refractivity contribution in [3.8, 4) is 17.1 Å². The SMILES string of the molecule is [2H]N1C=C(C(=O)Nc2cc(OCCN(C)C)c(Br)cn2)C=NC1c1ccc(-c2noc(C)n2)cc1C1CC1. The lowest BCUT2D eigenvalue weighted by molar-refractivity contribution is -0.112. The van der Waals surface area contributed by atoms with Gasteiger partial charge in [0.2, 0.25) is 11.7 Å². The van der Waals surface area contributed by atoms with Crippen molar-refractivity contribution in [1.82, 2.24) is 25.3 Å². The fourth-order valence-electron chi connectivity index (χ4n) is 3.89. The number of pyridine rings is 1. The third-order valence-electron chi connectivity index (χ3n) is 6.00. The van der Waals surface area contributed by atoms with Gasteiger partial charge >= 0.3 is 0 Å². The molecule has 10 nitrogen and oxygen atoms in total. The van der Waals surface area contributed by atoms with Crippen LogP contribution in [-0.2, 0) is 4.79 Å². The number of carbonyl (C=O) groups is 1. The maximum Gasteiger partial charge on any atom is 0.259 e. The summed E-state index contributed by atoms with van der Waals surface area (Å²) in [6.07, 6.45) is 6.17. The molecule has 1 amide bonds. The summed E-state index contributed by atoms with van der Waals surface area (Å²) in [5, 5.41) is 8.00. The first-order valence-corrected chi connectivity index (χ1v) is 12.8. The van der Waals surface area contributed by atoms with Gasteiger partial charge in [0.05, 0.1) is 10.0 Å². The number of benzene rings is 1. The Balaban J connectivity index is 1.29. The summed E-state index contributed by atoms with van der Waals surface area (Å²) < 4.78 is 20.2. The zero-order chi connectivity index (χ0) is 26.8. The van der Waals surface area contributed by atoms with E-state index in [0.717, 1.165) is 36.1 Å². The van der Waals surface area contributed by atoms with Crippen LogP contribution in [0, 0.1) is 6.92 Å². The highest BCUT2D eigenvalue weighted by molar-refractivity contribution is 9.10. The number of amides is 1. The van der Waals surface area contributed by atoms with E-state index < -0.39 is 12.1 Å². The first-order chi connectivity index (χ1) is 18.3. The number of nitrogens with zero attached hydrogens (tertiary/aromatic N) is 5. The average molecular weight is 567 g/mol. The minimum atomic E-state index is -0.564. The van der Waals surface area contributed by atoms with E-state index in [1.807, 2.05) is 31.1 Å². The van der Waals surface area contributed by atoms with Gasteiger partial charge in [-0.25, -0.2) is 4.98 Å². The molecule has 2 aliphatic rings. The van der Waals surface area contributed by atoms with Crippen molar-refractivity contribution in [3.63, 3.8) is 0 Å². The molecule has 192 valence electrons. The molecule has 1 aromatic carbocycles. The van der Waals surface area contributed by atoms with Gasteiger partial charge in [-0.05, 0) is 66.0 Å². The van der Waals surface area contributed by atoms with E-state index in [1.165, 1.54) is 17.7 Å². The lowest BCUT2D eigenvalue weighted by atomic mass is 9.97. The maximum atomic E-state index is 12.9. The predicted octanol–water partition coefficient (Wildman–Crippen LogP) is 4.22. The Morgan fingerprint density at radius 2 is 2.16 bits per heavy atom. The molecular weight excluding hydrogens is 538 g/mol. The summed E-state index contributed by atoms with van der Waals surface area (Å²) in [7, 11) is 3.93. The van der Waals surface area contributed by atoms with Gasteiger partial charge in [-0.15, -0.1) is 0 Å². The van der Waals surface area contributed by atoms with Crippen LogP contribution >= 0.6 is 15.9 Å². The molecule has 5 rings (SSSR count). The standard InChI is InChI=1S/C26H28BrN7O3/c1-15-31-24(33-37-15)17-6-7-19(20(10-17)16-4-5-16)25-29-12-18(13-30-25)26(35)32-23-11-22(21(27)14-28-23)36-9-8-34(2)3/h6-7,10-14,16,25,29H,4-5,8-9H2,1-3H3,(H,28,32,35)/i/hD. The molecule has 0 bridgehead atoms. The second-order valence-electron chi connectivity index (χ2n) is 9.25. The number of anilines is 1. The molecule has 1 unspecified atom stereocenters. The number of aliphatic imine (C=N–C) groups is 1. The molecule has 1 aliphatic heterocycles. The molecule has 3 heterocycles. The van der Waals surface area contributed by atoms with Crippen molar-refractivity contribution in [2.24, 2.45) is 4.99 Å². The summed E-state index contributed by atoms with van der Waals surface area (Å²) in [5.74, 6) is 1.97. The van der Waals surface area contributed by atoms with Crippen LogP contribution in [-0.4, -0.2) is 59.4 Å². The summed E-state index contributed by atoms with van der Waals surface area (Å²) in [5.41, 5.74) is 3.16. The van der Waals surface area contributed by atoms with Crippen molar-refractivity contribution >= 4 is 33.9 Å². The van der Waals surface area contributed by atoms with E-state index in [4.69, 9.17) is 10.7 Å². The molecule has 3 aromatic rings. The predicted molar refractivity (Wildman–Crippen MR) is 144 cm³/mol. The molecule has 1 atom stereocenters. The molecule has 0 saturated heterocycles. The maximum absolute atomic E-state index is 12.9. The van der Waals surface area contributed by atoms with Gasteiger partial charge in [-0.3, -0.25) is 9.79 Å². The monoisotopic (exact) mass is 566 g/mol. The van der Waals surface area contributed by atoms with Gasteiger partial charge in [0.1, 0.15) is 24.3 Å². The highest BCUT2D eigenvalue weighted by Crippen LogP contribution is 2.44. The Labute approximate surface area is 224 Å². The van der Waals surface area contributed by atoms with E-state index in [1.54, 1.807) is 19.2 Å². The number of aryl methyl sites for hydroxylation is 1. The second kappa shape index (κ2) is 10.8. The van der Waals surface area contributed by atoms with E-state index in [0.29, 0.717) is 40.3 Å². The second-order valence-corrected chi connectivity index (χ2v) is 10.1. The summed E-state index contributed by atoms with van der Waals surface area (Å²) >= 11 is 3.43. The number of hydrogen-bond acceptors (Lipinski definition) is 9. The van der Waals surface area contributed by atoms with Crippen molar-refractivity contribution in [2.75, 3.05) is 32.6 Å². The van der Waals surface area contributed by atoms with E-state index >= 15 is 0 Å². The number of nitrogens with one attached hydrogen (secondary N) is 2. The topological polar surface area (TPSA) is 118 Å². The van der Waals surface area contributed by atoms with E-state index in [-0.39, 0.29) is 5.57 Å². The quantitative estimate of drug-likeness (QED) is 0.395. The zero-order valence-electron chi connectivity index (χ0n) is 21.8. The fraction of sp³-hybridized carbons (Fsp3) is 0.346. The number of carbonyl (C=O) groups excluding carboxylic acids is 1. The van der Waals surface area contributed by atoms with Crippen LogP contribution < -0.4 is 15.4 Å². The van der Waals surface area contributed by atoms with E-state index in [9.17, 15) is 4.79 Å². The molecule has 11 heteroatoms. The number of aromatic nitrogens is 3. The molecule has 0 spiro atoms. The van der Waals surface area contributed by atoms with Crippen LogP contribution in [0.3, 0.4) is 0 Å². The zero-order valence-corrected chi connectivity index (χ0v) is 22.4. The van der Waals surface area contributed by atoms with Crippen LogP contribution in [0.2, 0.25) is 1.41 Å². The van der Waals surface area contributed by atoms with Crippen molar-refractivity contribution in [3.05, 3.63) is 63.7 Å². The Morgan fingerprint density at radius 1 is 1.32 bits per heavy atom. The minimum Gasteiger partial charge on any atom is -0.491 e. The first kappa shape index (κ1) is 23.8. The third-order valence-corrected chi connectivity index (χ3v) is 6.59.